The van der Waals surface area contributed by atoms with Gasteiger partial charge in [-0.05, 0) is 86.5 Å². The number of fused-ring (bicyclic) bond motifs is 3. The van der Waals surface area contributed by atoms with Crippen molar-refractivity contribution in [1.82, 2.24) is 0 Å². The molecule has 4 aliphatic carbocycles. The van der Waals surface area contributed by atoms with Crippen molar-refractivity contribution in [2.24, 2.45) is 28.1 Å². The molecule has 4 saturated carbocycles. The van der Waals surface area contributed by atoms with Crippen LogP contribution in [0.2, 0.25) is 0 Å². The maximum atomic E-state index is 14.6. The Labute approximate surface area is 418 Å². The van der Waals surface area contributed by atoms with Gasteiger partial charge in [0, 0.05) is 0 Å². The van der Waals surface area contributed by atoms with E-state index in [0.717, 1.165) is 0 Å². The molecular formula is C47H72O26. The zero-order valence-electron chi connectivity index (χ0n) is 40.5. The van der Waals surface area contributed by atoms with E-state index in [2.05, 4.69) is 13.5 Å². The zero-order valence-corrected chi connectivity index (χ0v) is 40.5. The number of aliphatic hydroxyl groups excluding tert-OH is 13. The number of hydrogen-bond acceptors (Lipinski definition) is 25. The third-order valence-corrected chi connectivity index (χ3v) is 17.6. The van der Waals surface area contributed by atoms with E-state index in [1.54, 1.807) is 6.92 Å². The smallest absolute Gasteiger partial charge is 0.317 e. The summed E-state index contributed by atoms with van der Waals surface area (Å²) >= 11 is 0. The molecule has 8 fully saturated rings. The van der Waals surface area contributed by atoms with Gasteiger partial charge < -0.3 is 114 Å². The Morgan fingerprint density at radius 3 is 1.64 bits per heavy atom. The minimum atomic E-state index is -1.98. The van der Waals surface area contributed by atoms with Crippen molar-refractivity contribution in [1.29, 1.82) is 0 Å². The summed E-state index contributed by atoms with van der Waals surface area (Å²) in [6, 6.07) is 0. The van der Waals surface area contributed by atoms with E-state index < -0.39 is 195 Å². The average Bonchev–Trinajstić information content (AvgIpc) is 3.54. The summed E-state index contributed by atoms with van der Waals surface area (Å²) in [7, 11) is 0. The Bertz CT molecular complexity index is 1990. The van der Waals surface area contributed by atoms with E-state index >= 15 is 0 Å². The first-order chi connectivity index (χ1) is 34.4. The van der Waals surface area contributed by atoms with Crippen LogP contribution in [0, 0.1) is 28.1 Å². The minimum absolute atomic E-state index is 0.0590. The van der Waals surface area contributed by atoms with Crippen molar-refractivity contribution in [3.8, 4) is 0 Å². The summed E-state index contributed by atoms with van der Waals surface area (Å²) in [5.41, 5.74) is -2.75. The third kappa shape index (κ3) is 10.0. The second-order valence-electron chi connectivity index (χ2n) is 21.8. The standard InChI is InChI=1S/C47H72O26/c1-18-12-46-9-5-23-44(2,7-4-8-45(23,3)43(64)72-41-37(69-26(54)11-25(52)53)33(61)29(57)21(15-50)67-41)24(46)6-10-47(18,17-46)73-42-38(71-40-35(63)32(60)28(56)20(14-49)66-40)36(30(58)22(16-51)68-42)70-39-34(62)31(59)27(55)19(13-48)65-39/h19-24,27-42,48-51,55-63H,1,4-17H2,2-3H3,(H,52,53)/t19-,20?,21?,22-,23+,24+,27?,28-,29-,30?,31?,32?,33?,34-,35?,36?,37?,38-,39?,40+,41+,42?,44-,45-,46-,47+/m1/s1. The van der Waals surface area contributed by atoms with E-state index in [-0.39, 0.29) is 11.8 Å². The molecule has 4 aliphatic heterocycles. The van der Waals surface area contributed by atoms with Crippen LogP contribution < -0.4 is 0 Å². The number of aliphatic hydroxyl groups is 13. The quantitative estimate of drug-likeness (QED) is 0.0316. The number of rotatable bonds is 15. The zero-order chi connectivity index (χ0) is 53.3. The minimum Gasteiger partial charge on any atom is -0.481 e. The van der Waals surface area contributed by atoms with Crippen LogP contribution in [0.4, 0.5) is 0 Å². The highest BCUT2D eigenvalue weighted by Crippen LogP contribution is 2.74. The highest BCUT2D eigenvalue weighted by molar-refractivity contribution is 5.90. The molecule has 12 unspecified atom stereocenters. The third-order valence-electron chi connectivity index (χ3n) is 17.6. The molecule has 8 rings (SSSR count). The maximum Gasteiger partial charge on any atom is 0.317 e. The molecule has 0 aromatic rings. The predicted molar refractivity (Wildman–Crippen MR) is 235 cm³/mol. The number of hydrogen-bond donors (Lipinski definition) is 14. The molecule has 1 spiro atoms. The van der Waals surface area contributed by atoms with Gasteiger partial charge in [-0.25, -0.2) is 0 Å². The molecule has 73 heavy (non-hydrogen) atoms. The van der Waals surface area contributed by atoms with Gasteiger partial charge in [-0.15, -0.1) is 0 Å². The summed E-state index contributed by atoms with van der Waals surface area (Å²) in [5, 5.41) is 147. The van der Waals surface area contributed by atoms with Crippen molar-refractivity contribution >= 4 is 17.9 Å². The van der Waals surface area contributed by atoms with Crippen LogP contribution in [-0.2, 0) is 57.0 Å². The van der Waals surface area contributed by atoms with Crippen LogP contribution in [0.25, 0.3) is 0 Å². The lowest BCUT2D eigenvalue weighted by Gasteiger charge is -2.64. The Kier molecular flexibility index (Phi) is 16.8. The molecule has 8 aliphatic rings. The molecule has 0 amide bonds. The van der Waals surface area contributed by atoms with Crippen molar-refractivity contribution < 1.29 is 129 Å². The second kappa shape index (κ2) is 21.6. The highest BCUT2D eigenvalue weighted by atomic mass is 16.8. The summed E-state index contributed by atoms with van der Waals surface area (Å²) < 4.78 is 53.7. The van der Waals surface area contributed by atoms with Crippen LogP contribution in [0.1, 0.15) is 78.1 Å². The van der Waals surface area contributed by atoms with Crippen LogP contribution in [0.5, 0.6) is 0 Å². The number of aliphatic carboxylic acids is 1. The summed E-state index contributed by atoms with van der Waals surface area (Å²) in [6.45, 7) is 5.08. The van der Waals surface area contributed by atoms with Crippen molar-refractivity contribution in [2.45, 2.75) is 206 Å². The number of ether oxygens (including phenoxy) is 9. The van der Waals surface area contributed by atoms with Gasteiger partial charge in [0.05, 0.1) is 37.4 Å². The summed E-state index contributed by atoms with van der Waals surface area (Å²) in [6.07, 6.45) is -32.2. The van der Waals surface area contributed by atoms with Crippen LogP contribution >= 0.6 is 0 Å². The van der Waals surface area contributed by atoms with Gasteiger partial charge >= 0.3 is 17.9 Å². The Hall–Kier alpha value is -2.65. The highest BCUT2D eigenvalue weighted by Gasteiger charge is 2.70. The number of esters is 2. The van der Waals surface area contributed by atoms with Crippen molar-refractivity contribution in [3.63, 3.8) is 0 Å². The molecule has 14 N–H and O–H groups in total. The number of carbonyl (C=O) groups is 3. The number of carboxylic acids is 1. The van der Waals surface area contributed by atoms with Gasteiger partial charge in [0.25, 0.3) is 0 Å². The molecule has 26 heteroatoms. The fourth-order valence-corrected chi connectivity index (χ4v) is 13.9. The summed E-state index contributed by atoms with van der Waals surface area (Å²) in [5.74, 6) is -3.95. The van der Waals surface area contributed by atoms with Crippen LogP contribution in [0.3, 0.4) is 0 Å². The number of carbonyl (C=O) groups excluding carboxylic acids is 2. The fourth-order valence-electron chi connectivity index (χ4n) is 13.9. The monoisotopic (exact) mass is 1050 g/mol. The first-order valence-corrected chi connectivity index (χ1v) is 24.9. The molecule has 26 atom stereocenters. The molecular weight excluding hydrogens is 980 g/mol. The van der Waals surface area contributed by atoms with Crippen LogP contribution in [-0.4, -0.2) is 244 Å². The topological polar surface area (TPSA) is 418 Å². The van der Waals surface area contributed by atoms with E-state index in [9.17, 15) is 80.8 Å². The Morgan fingerprint density at radius 1 is 0.575 bits per heavy atom. The van der Waals surface area contributed by atoms with E-state index in [4.69, 9.17) is 47.7 Å². The molecule has 4 heterocycles. The van der Waals surface area contributed by atoms with Gasteiger partial charge in [-0.2, -0.15) is 0 Å². The molecule has 2 bridgehead atoms. The van der Waals surface area contributed by atoms with Gasteiger partial charge in [0.2, 0.25) is 6.29 Å². The first kappa shape index (κ1) is 56.6. The van der Waals surface area contributed by atoms with Gasteiger partial charge in [-0.1, -0.05) is 19.9 Å². The lowest BCUT2D eigenvalue weighted by molar-refractivity contribution is -0.400. The largest absolute Gasteiger partial charge is 0.481 e. The molecule has 26 nitrogen and oxygen atoms in total. The molecule has 4 saturated heterocycles. The normalized spacial score (nSPS) is 50.9. The SMILES string of the molecule is C=C1C[C@@]23CC[C@H]4[C@@](C)(CCC[C@@]4(C)C(=O)O[C@@H]4OC(CO)[C@@H](O)C(O)C4OC(=O)CC(=O)O)[C@@H]2CC[C@]1(OC1O[C@H](CO)C(O)C(OC2O[C@H](CO)C(O)C(O)[C@H]2O)[C@H]1O[C@@H]1OC(CO)[C@@H](O)C(O)C1O)C3. The van der Waals surface area contributed by atoms with Gasteiger partial charge in [0.1, 0.15) is 98.0 Å². The lowest BCUT2D eigenvalue weighted by atomic mass is 9.41. The van der Waals surface area contributed by atoms with Gasteiger partial charge in [-0.3, -0.25) is 14.4 Å². The molecule has 0 aromatic heterocycles. The average molecular weight is 1050 g/mol. The molecule has 416 valence electrons. The van der Waals surface area contributed by atoms with E-state index in [1.165, 1.54) is 0 Å². The number of carboxylic acid groups (broad SMARTS) is 1. The second-order valence-corrected chi connectivity index (χ2v) is 21.8. The van der Waals surface area contributed by atoms with Gasteiger partial charge in [0.15, 0.2) is 25.0 Å². The summed E-state index contributed by atoms with van der Waals surface area (Å²) in [4.78, 5) is 38.3. The Balaban J connectivity index is 1.06. The van der Waals surface area contributed by atoms with E-state index in [1.807, 2.05) is 0 Å². The predicted octanol–water partition coefficient (Wildman–Crippen LogP) is -5.09. The fraction of sp³-hybridized carbons (Fsp3) is 0.894. The van der Waals surface area contributed by atoms with Crippen LogP contribution in [0.15, 0.2) is 12.2 Å². The van der Waals surface area contributed by atoms with Crippen molar-refractivity contribution in [2.75, 3.05) is 26.4 Å². The maximum absolute atomic E-state index is 14.6. The molecule has 0 aromatic carbocycles. The van der Waals surface area contributed by atoms with E-state index in [0.29, 0.717) is 63.4 Å². The molecule has 0 radical (unpaired) electrons. The lowest BCUT2D eigenvalue weighted by Crippen LogP contribution is -2.68. The first-order valence-electron chi connectivity index (χ1n) is 24.9. The Morgan fingerprint density at radius 2 is 1.08 bits per heavy atom. The van der Waals surface area contributed by atoms with Crippen molar-refractivity contribution in [3.05, 3.63) is 12.2 Å².